The third-order valence-electron chi connectivity index (χ3n) is 8.43. The van der Waals surface area contributed by atoms with Gasteiger partial charge in [-0.25, -0.2) is 4.99 Å². The van der Waals surface area contributed by atoms with Gasteiger partial charge in [-0.3, -0.25) is 14.5 Å². The summed E-state index contributed by atoms with van der Waals surface area (Å²) in [5.74, 6) is 0.194. The number of benzene rings is 1. The summed E-state index contributed by atoms with van der Waals surface area (Å²) in [6.07, 6.45) is 7.32. The second kappa shape index (κ2) is 12.6. The predicted molar refractivity (Wildman–Crippen MR) is 156 cm³/mol. The van der Waals surface area contributed by atoms with E-state index in [1.54, 1.807) is 13.0 Å². The number of fused-ring (bicyclic) bond motifs is 1. The number of furan rings is 1. The maximum Gasteiger partial charge on any atom is 0.258 e. The van der Waals surface area contributed by atoms with Gasteiger partial charge in [0.25, 0.3) is 11.8 Å². The third-order valence-corrected chi connectivity index (χ3v) is 8.43. The maximum absolute atomic E-state index is 13.9. The summed E-state index contributed by atoms with van der Waals surface area (Å²) in [6.45, 7) is 11.2. The fraction of sp³-hybridized carbons (Fsp3) is 0.581. The second-order valence-corrected chi connectivity index (χ2v) is 11.1. The molecule has 1 aromatic carbocycles. The lowest BCUT2D eigenvalue weighted by Gasteiger charge is -2.36. The first-order valence-corrected chi connectivity index (χ1v) is 14.6. The number of aliphatic imine (C=N–C) groups is 1. The molecule has 3 aliphatic heterocycles. The summed E-state index contributed by atoms with van der Waals surface area (Å²) in [5.41, 5.74) is 3.83. The van der Waals surface area contributed by atoms with Crippen LogP contribution in [0.3, 0.4) is 0 Å². The number of allylic oxidation sites excluding steroid dienone is 1. The van der Waals surface area contributed by atoms with Crippen LogP contribution >= 0.6 is 0 Å². The van der Waals surface area contributed by atoms with Crippen LogP contribution in [0.15, 0.2) is 33.4 Å². The van der Waals surface area contributed by atoms with Gasteiger partial charge in [-0.1, -0.05) is 6.42 Å². The number of nitrogens with one attached hydrogen (secondary N) is 1. The molecule has 1 atom stereocenters. The molecule has 2 aromatic rings. The highest BCUT2D eigenvalue weighted by Gasteiger charge is 2.30. The van der Waals surface area contributed by atoms with Crippen molar-refractivity contribution in [1.82, 2.24) is 10.2 Å². The van der Waals surface area contributed by atoms with E-state index in [9.17, 15) is 9.59 Å². The minimum atomic E-state index is -0.648. The normalized spacial score (nSPS) is 20.8. The Bertz CT molecular complexity index is 1300. The highest BCUT2D eigenvalue weighted by molar-refractivity contribution is 6.10. The van der Waals surface area contributed by atoms with Gasteiger partial charge in [-0.2, -0.15) is 0 Å². The van der Waals surface area contributed by atoms with Gasteiger partial charge >= 0.3 is 0 Å². The van der Waals surface area contributed by atoms with Crippen molar-refractivity contribution in [3.05, 3.63) is 40.9 Å². The van der Waals surface area contributed by atoms with Crippen LogP contribution < -0.4 is 10.2 Å². The Morgan fingerprint density at radius 3 is 2.62 bits per heavy atom. The largest absolute Gasteiger partial charge is 0.500 e. The molecule has 1 aromatic heterocycles. The molecule has 1 N–H and O–H groups in total. The van der Waals surface area contributed by atoms with E-state index in [1.165, 1.54) is 26.4 Å². The fourth-order valence-corrected chi connectivity index (χ4v) is 6.34. The van der Waals surface area contributed by atoms with Crippen molar-refractivity contribution in [2.75, 3.05) is 51.4 Å². The molecular formula is C31H42N4O5. The molecule has 0 radical (unpaired) electrons. The van der Waals surface area contributed by atoms with E-state index in [1.807, 2.05) is 13.0 Å². The summed E-state index contributed by atoms with van der Waals surface area (Å²) < 4.78 is 17.5. The Morgan fingerprint density at radius 2 is 1.93 bits per heavy atom. The number of anilines is 1. The van der Waals surface area contributed by atoms with E-state index in [4.69, 9.17) is 13.9 Å². The monoisotopic (exact) mass is 550 g/mol. The Morgan fingerprint density at radius 1 is 1.18 bits per heavy atom. The molecule has 0 saturated carbocycles. The molecule has 3 aliphatic rings. The van der Waals surface area contributed by atoms with Crippen LogP contribution in [-0.4, -0.2) is 75.0 Å². The average molecular weight is 551 g/mol. The van der Waals surface area contributed by atoms with Gasteiger partial charge in [-0.05, 0) is 77.2 Å². The Labute approximate surface area is 236 Å². The van der Waals surface area contributed by atoms with E-state index in [0.717, 1.165) is 80.2 Å². The number of methoxy groups -OCH3 is 1. The number of hydrogen-bond acceptors (Lipinski definition) is 7. The molecular weight excluding hydrogens is 508 g/mol. The Balaban J connectivity index is 1.49. The lowest BCUT2D eigenvalue weighted by molar-refractivity contribution is -0.121. The Kier molecular flexibility index (Phi) is 8.90. The number of carbonyl (C=O) groups excluding carboxylic acids is 2. The summed E-state index contributed by atoms with van der Waals surface area (Å²) in [5, 5.41) is 3.83. The number of amides is 2. The number of nitrogens with zero attached hydrogens (tertiary/aromatic N) is 3. The van der Waals surface area contributed by atoms with Crippen molar-refractivity contribution in [3.63, 3.8) is 0 Å². The predicted octanol–water partition coefficient (Wildman–Crippen LogP) is 4.61. The highest BCUT2D eigenvalue weighted by atomic mass is 16.5. The second-order valence-electron chi connectivity index (χ2n) is 11.1. The topological polar surface area (TPSA) is 96.6 Å². The first kappa shape index (κ1) is 28.4. The van der Waals surface area contributed by atoms with Gasteiger partial charge in [0.2, 0.25) is 0 Å². The van der Waals surface area contributed by atoms with Crippen LogP contribution in [0, 0.1) is 12.8 Å². The van der Waals surface area contributed by atoms with Crippen LogP contribution in [0.4, 0.5) is 5.69 Å². The number of likely N-dealkylation sites (tertiary alicyclic amines) is 1. The Hall–Kier alpha value is -3.17. The number of dihydropyridines is 1. The van der Waals surface area contributed by atoms with Gasteiger partial charge in [0, 0.05) is 55.2 Å². The summed E-state index contributed by atoms with van der Waals surface area (Å²) in [7, 11) is 1.54. The van der Waals surface area contributed by atoms with Crippen molar-refractivity contribution in [3.8, 4) is 0 Å². The highest BCUT2D eigenvalue weighted by Crippen LogP contribution is 2.36. The zero-order valence-corrected chi connectivity index (χ0v) is 24.3. The van der Waals surface area contributed by atoms with Crippen molar-refractivity contribution >= 4 is 34.2 Å². The molecule has 2 saturated heterocycles. The van der Waals surface area contributed by atoms with E-state index < -0.39 is 5.92 Å². The van der Waals surface area contributed by atoms with Crippen LogP contribution in [-0.2, 0) is 20.8 Å². The average Bonchev–Trinajstić information content (AvgIpc) is 3.35. The SMILES string of the molecule is CCN(c1cc2oc(CN3CCCCC3)cc2c(C(=O)NCC2C(=O)N=C(C)C=C2OC)c1C)C1CCOCC1. The van der Waals surface area contributed by atoms with Crippen LogP contribution in [0.1, 0.15) is 67.6 Å². The fourth-order valence-electron chi connectivity index (χ4n) is 6.34. The summed E-state index contributed by atoms with van der Waals surface area (Å²) in [4.78, 5) is 35.5. The first-order chi connectivity index (χ1) is 19.4. The summed E-state index contributed by atoms with van der Waals surface area (Å²) >= 11 is 0. The molecule has 1 unspecified atom stereocenters. The lowest BCUT2D eigenvalue weighted by atomic mass is 9.97. The molecule has 0 spiro atoms. The quantitative estimate of drug-likeness (QED) is 0.487. The minimum Gasteiger partial charge on any atom is -0.500 e. The molecule has 0 bridgehead atoms. The van der Waals surface area contributed by atoms with E-state index in [2.05, 4.69) is 33.1 Å². The molecule has 0 aliphatic carbocycles. The number of rotatable bonds is 9. The smallest absolute Gasteiger partial charge is 0.258 e. The molecule has 40 heavy (non-hydrogen) atoms. The zero-order valence-electron chi connectivity index (χ0n) is 24.3. The van der Waals surface area contributed by atoms with E-state index in [0.29, 0.717) is 23.1 Å². The van der Waals surface area contributed by atoms with Crippen LogP contribution in [0.5, 0.6) is 0 Å². The molecule has 216 valence electrons. The lowest BCUT2D eigenvalue weighted by Crippen LogP contribution is -2.40. The van der Waals surface area contributed by atoms with Crippen molar-refractivity contribution < 1.29 is 23.5 Å². The van der Waals surface area contributed by atoms with Gasteiger partial charge < -0.3 is 24.1 Å². The number of piperidine rings is 1. The number of carbonyl (C=O) groups is 2. The number of ether oxygens (including phenoxy) is 2. The van der Waals surface area contributed by atoms with Crippen LogP contribution in [0.2, 0.25) is 0 Å². The van der Waals surface area contributed by atoms with Crippen molar-refractivity contribution in [1.29, 1.82) is 0 Å². The molecule has 9 heteroatoms. The standard InChI is InChI=1S/C31H42N4O5/c1-5-35(22-9-13-39-14-10-22)26-17-28-24(16-23(40-28)19-34-11-7-6-8-12-34)29(21(26)3)31(37)32-18-25-27(38-4)15-20(2)33-30(25)36/h15-17,22,25H,5-14,18-19H2,1-4H3,(H,32,37). The van der Waals surface area contributed by atoms with Gasteiger partial charge in [-0.15, -0.1) is 0 Å². The molecule has 9 nitrogen and oxygen atoms in total. The third kappa shape index (κ3) is 5.95. The minimum absolute atomic E-state index is 0.106. The van der Waals surface area contributed by atoms with Crippen molar-refractivity contribution in [2.45, 2.75) is 65.5 Å². The zero-order chi connectivity index (χ0) is 28.2. The van der Waals surface area contributed by atoms with Crippen molar-refractivity contribution in [2.24, 2.45) is 10.9 Å². The first-order valence-electron chi connectivity index (χ1n) is 14.6. The van der Waals surface area contributed by atoms with E-state index in [-0.39, 0.29) is 18.4 Å². The maximum atomic E-state index is 13.9. The van der Waals surface area contributed by atoms with Crippen LogP contribution in [0.25, 0.3) is 11.0 Å². The van der Waals surface area contributed by atoms with Gasteiger partial charge in [0.1, 0.15) is 23.0 Å². The van der Waals surface area contributed by atoms with Gasteiger partial charge in [0.05, 0.1) is 19.2 Å². The number of hydrogen-bond donors (Lipinski definition) is 1. The molecule has 2 fully saturated rings. The van der Waals surface area contributed by atoms with Gasteiger partial charge in [0.15, 0.2) is 0 Å². The molecule has 2 amide bonds. The summed E-state index contributed by atoms with van der Waals surface area (Å²) in [6, 6.07) is 4.47. The molecule has 5 rings (SSSR count). The van der Waals surface area contributed by atoms with E-state index >= 15 is 0 Å². The molecule has 4 heterocycles.